The highest BCUT2D eigenvalue weighted by Crippen LogP contribution is 2.13. The largest absolute Gasteiger partial charge is 0.354 e. The molecule has 0 unspecified atom stereocenters. The van der Waals surface area contributed by atoms with Crippen LogP contribution in [0.2, 0.25) is 0 Å². The highest BCUT2D eigenvalue weighted by molar-refractivity contribution is 9.10. The first-order valence-electron chi connectivity index (χ1n) is 4.19. The van der Waals surface area contributed by atoms with Crippen LogP contribution in [0.15, 0.2) is 16.9 Å². The smallest absolute Gasteiger partial charge is 0.222 e. The van der Waals surface area contributed by atoms with Gasteiger partial charge in [-0.25, -0.2) is 9.97 Å². The van der Waals surface area contributed by atoms with Gasteiger partial charge in [0, 0.05) is 18.9 Å². The fourth-order valence-electron chi connectivity index (χ4n) is 0.748. The average molecular weight is 244 g/mol. The van der Waals surface area contributed by atoms with E-state index >= 15 is 0 Å². The van der Waals surface area contributed by atoms with Gasteiger partial charge >= 0.3 is 0 Å². The minimum Gasteiger partial charge on any atom is -0.354 e. The number of hydrogen-bond donors (Lipinski definition) is 1. The van der Waals surface area contributed by atoms with Gasteiger partial charge in [-0.3, -0.25) is 0 Å². The van der Waals surface area contributed by atoms with Gasteiger partial charge in [-0.15, -0.1) is 0 Å². The third kappa shape index (κ3) is 4.22. The Labute approximate surface area is 87.1 Å². The number of aromatic nitrogens is 2. The molecule has 13 heavy (non-hydrogen) atoms. The van der Waals surface area contributed by atoms with Crippen molar-refractivity contribution in [3.8, 4) is 0 Å². The Bertz CT molecular complexity index is 263. The van der Waals surface area contributed by atoms with Crippen LogP contribution in [-0.4, -0.2) is 16.5 Å². The standard InChI is InChI=1S/C9H14BrN3/c1-9(2,3)6-13-8-11-4-7(10)5-12-8/h4-5H,6H2,1-3H3,(H,11,12,13). The van der Waals surface area contributed by atoms with Crippen LogP contribution in [0.3, 0.4) is 0 Å². The van der Waals surface area contributed by atoms with E-state index in [1.807, 2.05) is 0 Å². The molecule has 72 valence electrons. The van der Waals surface area contributed by atoms with Gasteiger partial charge in [0.1, 0.15) is 0 Å². The predicted octanol–water partition coefficient (Wildman–Crippen LogP) is 2.70. The second-order valence-electron chi connectivity index (χ2n) is 4.14. The lowest BCUT2D eigenvalue weighted by molar-refractivity contribution is 0.442. The van der Waals surface area contributed by atoms with Gasteiger partial charge in [-0.1, -0.05) is 20.8 Å². The lowest BCUT2D eigenvalue weighted by Crippen LogP contribution is -2.20. The maximum atomic E-state index is 4.11. The summed E-state index contributed by atoms with van der Waals surface area (Å²) in [6.07, 6.45) is 3.47. The van der Waals surface area contributed by atoms with Crippen molar-refractivity contribution in [3.63, 3.8) is 0 Å². The Hall–Kier alpha value is -0.640. The molecule has 0 radical (unpaired) electrons. The molecule has 0 bridgehead atoms. The van der Waals surface area contributed by atoms with E-state index < -0.39 is 0 Å². The van der Waals surface area contributed by atoms with E-state index in [4.69, 9.17) is 0 Å². The zero-order valence-corrected chi connectivity index (χ0v) is 9.72. The molecule has 0 saturated carbocycles. The second kappa shape index (κ2) is 4.05. The predicted molar refractivity (Wildman–Crippen MR) is 57.7 cm³/mol. The molecule has 1 N–H and O–H groups in total. The summed E-state index contributed by atoms with van der Waals surface area (Å²) in [6.45, 7) is 7.37. The molecule has 4 heteroatoms. The van der Waals surface area contributed by atoms with E-state index in [2.05, 4.69) is 52.0 Å². The maximum absolute atomic E-state index is 4.11. The molecule has 0 aromatic carbocycles. The van der Waals surface area contributed by atoms with Crippen molar-refractivity contribution in [2.45, 2.75) is 20.8 Å². The maximum Gasteiger partial charge on any atom is 0.222 e. The number of nitrogens with one attached hydrogen (secondary N) is 1. The SMILES string of the molecule is CC(C)(C)CNc1ncc(Br)cn1. The van der Waals surface area contributed by atoms with Crippen molar-refractivity contribution < 1.29 is 0 Å². The molecule has 0 spiro atoms. The molecule has 0 saturated heterocycles. The lowest BCUT2D eigenvalue weighted by Gasteiger charge is -2.18. The zero-order chi connectivity index (χ0) is 9.90. The second-order valence-corrected chi connectivity index (χ2v) is 5.05. The quantitative estimate of drug-likeness (QED) is 0.869. The molecular weight excluding hydrogens is 230 g/mol. The van der Waals surface area contributed by atoms with E-state index in [0.717, 1.165) is 11.0 Å². The van der Waals surface area contributed by atoms with E-state index in [9.17, 15) is 0 Å². The molecule has 1 rings (SSSR count). The summed E-state index contributed by atoms with van der Waals surface area (Å²) in [5.74, 6) is 0.679. The van der Waals surface area contributed by atoms with Crippen molar-refractivity contribution in [2.24, 2.45) is 5.41 Å². The molecule has 0 aliphatic heterocycles. The number of anilines is 1. The molecule has 0 amide bonds. The van der Waals surface area contributed by atoms with Crippen molar-refractivity contribution in [2.75, 3.05) is 11.9 Å². The van der Waals surface area contributed by atoms with Crippen molar-refractivity contribution in [3.05, 3.63) is 16.9 Å². The molecule has 0 atom stereocenters. The van der Waals surface area contributed by atoms with Crippen LogP contribution < -0.4 is 5.32 Å². The first kappa shape index (κ1) is 10.4. The van der Waals surface area contributed by atoms with Gasteiger partial charge in [0.25, 0.3) is 0 Å². The third-order valence-corrected chi connectivity index (χ3v) is 1.81. The summed E-state index contributed by atoms with van der Waals surface area (Å²) in [4.78, 5) is 8.22. The minimum absolute atomic E-state index is 0.246. The minimum atomic E-state index is 0.246. The molecule has 0 aliphatic rings. The number of halogens is 1. The summed E-state index contributed by atoms with van der Waals surface area (Å²) < 4.78 is 0.897. The fraction of sp³-hybridized carbons (Fsp3) is 0.556. The third-order valence-electron chi connectivity index (χ3n) is 1.40. The van der Waals surface area contributed by atoms with Crippen LogP contribution >= 0.6 is 15.9 Å². The number of hydrogen-bond acceptors (Lipinski definition) is 3. The van der Waals surface area contributed by atoms with Crippen molar-refractivity contribution >= 4 is 21.9 Å². The number of rotatable bonds is 2. The summed E-state index contributed by atoms with van der Waals surface area (Å²) in [7, 11) is 0. The summed E-state index contributed by atoms with van der Waals surface area (Å²) in [5, 5.41) is 3.17. The lowest BCUT2D eigenvalue weighted by atomic mass is 9.97. The molecule has 0 fully saturated rings. The zero-order valence-electron chi connectivity index (χ0n) is 8.13. The Morgan fingerprint density at radius 3 is 2.31 bits per heavy atom. The Morgan fingerprint density at radius 1 is 1.31 bits per heavy atom. The monoisotopic (exact) mass is 243 g/mol. The van der Waals surface area contributed by atoms with Gasteiger partial charge in [0.2, 0.25) is 5.95 Å². The highest BCUT2D eigenvalue weighted by Gasteiger charge is 2.09. The van der Waals surface area contributed by atoms with E-state index in [-0.39, 0.29) is 5.41 Å². The normalized spacial score (nSPS) is 11.4. The van der Waals surface area contributed by atoms with E-state index in [1.165, 1.54) is 0 Å². The first-order chi connectivity index (χ1) is 5.97. The van der Waals surface area contributed by atoms with Crippen LogP contribution in [0.4, 0.5) is 5.95 Å². The molecule has 1 heterocycles. The Balaban J connectivity index is 2.51. The Kier molecular flexibility index (Phi) is 3.25. The van der Waals surface area contributed by atoms with Crippen LogP contribution in [0.25, 0.3) is 0 Å². The molecule has 3 nitrogen and oxygen atoms in total. The average Bonchev–Trinajstić information content (AvgIpc) is 2.02. The summed E-state index contributed by atoms with van der Waals surface area (Å²) in [5.41, 5.74) is 0.246. The van der Waals surface area contributed by atoms with Crippen molar-refractivity contribution in [1.82, 2.24) is 9.97 Å². The van der Waals surface area contributed by atoms with Gasteiger partial charge in [0.15, 0.2) is 0 Å². The van der Waals surface area contributed by atoms with Crippen LogP contribution in [0.5, 0.6) is 0 Å². The fourth-order valence-corrected chi connectivity index (χ4v) is 0.953. The molecule has 1 aromatic heterocycles. The van der Waals surface area contributed by atoms with E-state index in [1.54, 1.807) is 12.4 Å². The van der Waals surface area contributed by atoms with Gasteiger partial charge < -0.3 is 5.32 Å². The van der Waals surface area contributed by atoms with Crippen molar-refractivity contribution in [1.29, 1.82) is 0 Å². The van der Waals surface area contributed by atoms with Crippen LogP contribution in [0.1, 0.15) is 20.8 Å². The summed E-state index contributed by atoms with van der Waals surface area (Å²) >= 11 is 3.28. The highest BCUT2D eigenvalue weighted by atomic mass is 79.9. The van der Waals surface area contributed by atoms with Crippen LogP contribution in [-0.2, 0) is 0 Å². The first-order valence-corrected chi connectivity index (χ1v) is 4.98. The van der Waals surface area contributed by atoms with Crippen LogP contribution in [0, 0.1) is 5.41 Å². The topological polar surface area (TPSA) is 37.8 Å². The van der Waals surface area contributed by atoms with Gasteiger partial charge in [0.05, 0.1) is 4.47 Å². The molecular formula is C9H14BrN3. The molecule has 1 aromatic rings. The summed E-state index contributed by atoms with van der Waals surface area (Å²) in [6, 6.07) is 0. The van der Waals surface area contributed by atoms with E-state index in [0.29, 0.717) is 5.95 Å². The van der Waals surface area contributed by atoms with Gasteiger partial charge in [-0.05, 0) is 21.3 Å². The Morgan fingerprint density at radius 2 is 1.85 bits per heavy atom. The molecule has 0 aliphatic carbocycles. The van der Waals surface area contributed by atoms with Gasteiger partial charge in [-0.2, -0.15) is 0 Å². The number of nitrogens with zero attached hydrogens (tertiary/aromatic N) is 2.